The number of amides is 1. The third-order valence-corrected chi connectivity index (χ3v) is 6.98. The van der Waals surface area contributed by atoms with E-state index in [0.717, 1.165) is 28.6 Å². The van der Waals surface area contributed by atoms with Crippen LogP contribution in [0.3, 0.4) is 0 Å². The Hall–Kier alpha value is -2.42. The molecule has 0 unspecified atom stereocenters. The molecule has 156 valence electrons. The predicted molar refractivity (Wildman–Crippen MR) is 114 cm³/mol. The van der Waals surface area contributed by atoms with E-state index in [2.05, 4.69) is 10.2 Å². The molecule has 8 heteroatoms. The van der Waals surface area contributed by atoms with Gasteiger partial charge in [0.15, 0.2) is 0 Å². The van der Waals surface area contributed by atoms with E-state index in [1.54, 1.807) is 25.1 Å². The Morgan fingerprint density at radius 3 is 2.34 bits per heavy atom. The molecule has 0 aliphatic carbocycles. The van der Waals surface area contributed by atoms with E-state index in [1.807, 2.05) is 19.1 Å². The second-order valence-electron chi connectivity index (χ2n) is 7.32. The van der Waals surface area contributed by atoms with Crippen molar-refractivity contribution in [2.75, 3.05) is 50.6 Å². The van der Waals surface area contributed by atoms with Gasteiger partial charge in [0.25, 0.3) is 5.91 Å². The molecule has 0 radical (unpaired) electrons. The zero-order valence-electron chi connectivity index (χ0n) is 17.2. The lowest BCUT2D eigenvalue weighted by atomic mass is 10.1. The molecule has 0 aromatic heterocycles. The van der Waals surface area contributed by atoms with Crippen LogP contribution in [0.2, 0.25) is 0 Å². The Labute approximate surface area is 172 Å². The SMILES string of the molecule is Cc1ccc(C(=O)Nc2ccc(C)c(S(=O)(=O)N(C)C)c2)cc1N1CCOCC1. The lowest BCUT2D eigenvalue weighted by Crippen LogP contribution is -2.36. The first-order chi connectivity index (χ1) is 13.7. The fourth-order valence-electron chi connectivity index (χ4n) is 3.25. The molecule has 1 aliphatic heterocycles. The van der Waals surface area contributed by atoms with E-state index < -0.39 is 10.0 Å². The summed E-state index contributed by atoms with van der Waals surface area (Å²) in [5.74, 6) is -0.281. The van der Waals surface area contributed by atoms with Crippen molar-refractivity contribution in [3.05, 3.63) is 53.1 Å². The number of aryl methyl sites for hydroxylation is 2. The summed E-state index contributed by atoms with van der Waals surface area (Å²) in [6.07, 6.45) is 0. The molecular formula is C21H27N3O4S. The van der Waals surface area contributed by atoms with Gasteiger partial charge in [-0.05, 0) is 49.2 Å². The molecule has 1 amide bonds. The predicted octanol–water partition coefficient (Wildman–Crippen LogP) is 2.64. The minimum absolute atomic E-state index is 0.179. The van der Waals surface area contributed by atoms with Crippen molar-refractivity contribution in [3.63, 3.8) is 0 Å². The van der Waals surface area contributed by atoms with Crippen molar-refractivity contribution in [3.8, 4) is 0 Å². The van der Waals surface area contributed by atoms with E-state index in [9.17, 15) is 13.2 Å². The molecule has 7 nitrogen and oxygen atoms in total. The number of morpholine rings is 1. The van der Waals surface area contributed by atoms with E-state index >= 15 is 0 Å². The first kappa shape index (κ1) is 21.3. The van der Waals surface area contributed by atoms with Crippen LogP contribution in [-0.2, 0) is 14.8 Å². The number of anilines is 2. The third-order valence-electron chi connectivity index (χ3n) is 5.03. The zero-order chi connectivity index (χ0) is 21.2. The quantitative estimate of drug-likeness (QED) is 0.809. The topological polar surface area (TPSA) is 79.0 Å². The van der Waals surface area contributed by atoms with Gasteiger partial charge in [0, 0.05) is 44.1 Å². The van der Waals surface area contributed by atoms with E-state index in [-0.39, 0.29) is 10.8 Å². The van der Waals surface area contributed by atoms with Crippen LogP contribution in [0.4, 0.5) is 11.4 Å². The molecule has 1 fully saturated rings. The summed E-state index contributed by atoms with van der Waals surface area (Å²) in [4.78, 5) is 15.2. The van der Waals surface area contributed by atoms with Gasteiger partial charge >= 0.3 is 0 Å². The molecule has 1 aliphatic rings. The van der Waals surface area contributed by atoms with Crippen LogP contribution in [0.1, 0.15) is 21.5 Å². The Morgan fingerprint density at radius 2 is 1.69 bits per heavy atom. The molecule has 0 bridgehead atoms. The number of carbonyl (C=O) groups excluding carboxylic acids is 1. The Kier molecular flexibility index (Phi) is 6.26. The van der Waals surface area contributed by atoms with Gasteiger partial charge in [-0.15, -0.1) is 0 Å². The second-order valence-corrected chi connectivity index (χ2v) is 9.44. The fourth-order valence-corrected chi connectivity index (χ4v) is 4.40. The van der Waals surface area contributed by atoms with Gasteiger partial charge in [-0.2, -0.15) is 0 Å². The van der Waals surface area contributed by atoms with Crippen molar-refractivity contribution in [1.82, 2.24) is 4.31 Å². The maximum atomic E-state index is 12.8. The highest BCUT2D eigenvalue weighted by atomic mass is 32.2. The normalized spacial score (nSPS) is 14.9. The number of hydrogen-bond donors (Lipinski definition) is 1. The monoisotopic (exact) mass is 417 g/mol. The van der Waals surface area contributed by atoms with Gasteiger partial charge in [0.2, 0.25) is 10.0 Å². The fraction of sp³-hybridized carbons (Fsp3) is 0.381. The van der Waals surface area contributed by atoms with E-state index in [4.69, 9.17) is 4.74 Å². The second kappa shape index (κ2) is 8.52. The van der Waals surface area contributed by atoms with E-state index in [0.29, 0.717) is 30.0 Å². The largest absolute Gasteiger partial charge is 0.378 e. The molecule has 2 aromatic rings. The summed E-state index contributed by atoms with van der Waals surface area (Å²) >= 11 is 0. The lowest BCUT2D eigenvalue weighted by molar-refractivity contribution is 0.102. The summed E-state index contributed by atoms with van der Waals surface area (Å²) in [7, 11) is -0.623. The van der Waals surface area contributed by atoms with Crippen LogP contribution in [0.15, 0.2) is 41.3 Å². The number of ether oxygens (including phenoxy) is 1. The molecule has 1 saturated heterocycles. The van der Waals surface area contributed by atoms with Gasteiger partial charge in [0.1, 0.15) is 0 Å². The van der Waals surface area contributed by atoms with Gasteiger partial charge in [-0.25, -0.2) is 12.7 Å². The summed E-state index contributed by atoms with van der Waals surface area (Å²) in [6.45, 7) is 6.66. The van der Waals surface area contributed by atoms with Crippen molar-refractivity contribution in [2.24, 2.45) is 0 Å². The maximum absolute atomic E-state index is 12.8. The summed E-state index contributed by atoms with van der Waals surface area (Å²) in [5, 5.41) is 2.82. The number of sulfonamides is 1. The highest BCUT2D eigenvalue weighted by Crippen LogP contribution is 2.25. The Morgan fingerprint density at radius 1 is 1.03 bits per heavy atom. The van der Waals surface area contributed by atoms with Crippen molar-refractivity contribution in [2.45, 2.75) is 18.7 Å². The first-order valence-corrected chi connectivity index (χ1v) is 10.9. The molecule has 0 saturated carbocycles. The maximum Gasteiger partial charge on any atom is 0.255 e. The minimum Gasteiger partial charge on any atom is -0.378 e. The number of nitrogens with zero attached hydrogens (tertiary/aromatic N) is 2. The molecule has 2 aromatic carbocycles. The number of carbonyl (C=O) groups is 1. The van der Waals surface area contributed by atoms with Crippen LogP contribution in [0.25, 0.3) is 0 Å². The number of nitrogens with one attached hydrogen (secondary N) is 1. The van der Waals surface area contributed by atoms with Gasteiger partial charge in [0.05, 0.1) is 18.1 Å². The first-order valence-electron chi connectivity index (χ1n) is 9.48. The smallest absolute Gasteiger partial charge is 0.255 e. The molecule has 3 rings (SSSR count). The van der Waals surface area contributed by atoms with Crippen LogP contribution in [0.5, 0.6) is 0 Å². The average molecular weight is 418 g/mol. The molecule has 1 heterocycles. The highest BCUT2D eigenvalue weighted by molar-refractivity contribution is 7.89. The average Bonchev–Trinajstić information content (AvgIpc) is 2.70. The van der Waals surface area contributed by atoms with Crippen molar-refractivity contribution < 1.29 is 17.9 Å². The number of hydrogen-bond acceptors (Lipinski definition) is 5. The van der Waals surface area contributed by atoms with Crippen LogP contribution in [0, 0.1) is 13.8 Å². The summed E-state index contributed by atoms with van der Waals surface area (Å²) in [6, 6.07) is 10.5. The van der Waals surface area contributed by atoms with E-state index in [1.165, 1.54) is 20.2 Å². The molecule has 0 spiro atoms. The summed E-state index contributed by atoms with van der Waals surface area (Å²) in [5.41, 5.74) is 3.70. The van der Waals surface area contributed by atoms with Gasteiger partial charge < -0.3 is 15.0 Å². The highest BCUT2D eigenvalue weighted by Gasteiger charge is 2.21. The summed E-state index contributed by atoms with van der Waals surface area (Å²) < 4.78 is 31.6. The molecule has 29 heavy (non-hydrogen) atoms. The molecule has 1 N–H and O–H groups in total. The minimum atomic E-state index is -3.59. The standard InChI is InChI=1S/C21H27N3O4S/c1-15-5-7-17(13-19(15)24-9-11-28-12-10-24)21(25)22-18-8-6-16(2)20(14-18)29(26,27)23(3)4/h5-8,13-14H,9-12H2,1-4H3,(H,22,25). The van der Waals surface area contributed by atoms with Crippen LogP contribution in [-0.4, -0.2) is 59.0 Å². The number of rotatable bonds is 5. The Bertz CT molecular complexity index is 1010. The van der Waals surface area contributed by atoms with Crippen LogP contribution < -0.4 is 10.2 Å². The zero-order valence-corrected chi connectivity index (χ0v) is 18.0. The Balaban J connectivity index is 1.86. The van der Waals surface area contributed by atoms with Crippen molar-refractivity contribution in [1.29, 1.82) is 0 Å². The number of benzene rings is 2. The molecule has 0 atom stereocenters. The van der Waals surface area contributed by atoms with Crippen molar-refractivity contribution >= 4 is 27.3 Å². The van der Waals surface area contributed by atoms with Gasteiger partial charge in [-0.3, -0.25) is 4.79 Å². The third kappa shape index (κ3) is 4.60. The van der Waals surface area contributed by atoms with Crippen LogP contribution >= 0.6 is 0 Å². The molecular weight excluding hydrogens is 390 g/mol. The lowest BCUT2D eigenvalue weighted by Gasteiger charge is -2.30. The van der Waals surface area contributed by atoms with Gasteiger partial charge in [-0.1, -0.05) is 12.1 Å².